The first kappa shape index (κ1) is 13.0. The first-order valence-corrected chi connectivity index (χ1v) is 6.83. The fourth-order valence-electron chi connectivity index (χ4n) is 3.43. The Morgan fingerprint density at radius 3 is 3.05 bits per heavy atom. The minimum absolute atomic E-state index is 0.100. The summed E-state index contributed by atoms with van der Waals surface area (Å²) in [5.41, 5.74) is 0. The van der Waals surface area contributed by atoms with Gasteiger partial charge in [0.1, 0.15) is 6.04 Å². The second kappa shape index (κ2) is 5.15. The zero-order valence-corrected chi connectivity index (χ0v) is 11.0. The summed E-state index contributed by atoms with van der Waals surface area (Å²) in [5, 5.41) is 15.6. The summed E-state index contributed by atoms with van der Waals surface area (Å²) in [6, 6.07) is 0.619. The molecule has 108 valence electrons. The van der Waals surface area contributed by atoms with Crippen LogP contribution in [0.2, 0.25) is 0 Å². The molecule has 1 aromatic rings. The number of nitrogens with zero attached hydrogens (tertiary/aromatic N) is 2. The molecule has 0 bridgehead atoms. The predicted octanol–water partition coefficient (Wildman–Crippen LogP) is 1.07. The molecule has 1 aliphatic heterocycles. The largest absolute Gasteiger partial charge is 0.480 e. The summed E-state index contributed by atoms with van der Waals surface area (Å²) in [6.45, 7) is 0.751. The highest BCUT2D eigenvalue weighted by atomic mass is 16.5. The Hall–Kier alpha value is -2.05. The van der Waals surface area contributed by atoms with E-state index in [1.165, 1.54) is 11.1 Å². The number of likely N-dealkylation sites (tertiary alicyclic amines) is 1. The number of aromatic nitrogens is 1. The molecule has 3 rings (SSSR count). The van der Waals surface area contributed by atoms with E-state index >= 15 is 0 Å². The maximum Gasteiger partial charge on any atom is 0.326 e. The molecule has 0 radical (unpaired) electrons. The molecule has 0 aromatic carbocycles. The molecule has 1 aromatic heterocycles. The molecule has 2 amide bonds. The van der Waals surface area contributed by atoms with Crippen molar-refractivity contribution in [3.8, 4) is 0 Å². The summed E-state index contributed by atoms with van der Waals surface area (Å²) in [7, 11) is 0. The van der Waals surface area contributed by atoms with E-state index in [9.17, 15) is 14.7 Å². The van der Waals surface area contributed by atoms with Crippen molar-refractivity contribution in [2.45, 2.75) is 31.8 Å². The number of carboxylic acids is 1. The van der Waals surface area contributed by atoms with Crippen LogP contribution in [0.4, 0.5) is 4.79 Å². The van der Waals surface area contributed by atoms with Gasteiger partial charge in [-0.25, -0.2) is 9.59 Å². The maximum atomic E-state index is 12.2. The van der Waals surface area contributed by atoms with E-state index in [-0.39, 0.29) is 18.5 Å². The van der Waals surface area contributed by atoms with Gasteiger partial charge in [0.25, 0.3) is 0 Å². The molecule has 3 unspecified atom stereocenters. The van der Waals surface area contributed by atoms with Crippen LogP contribution in [-0.2, 0) is 11.3 Å². The molecule has 1 aliphatic carbocycles. The monoisotopic (exact) mass is 279 g/mol. The average Bonchev–Trinajstić information content (AvgIpc) is 3.10. The van der Waals surface area contributed by atoms with E-state index in [1.54, 1.807) is 6.07 Å². The van der Waals surface area contributed by atoms with Crippen LogP contribution in [0.3, 0.4) is 0 Å². The second-order valence-corrected chi connectivity index (χ2v) is 5.43. The van der Waals surface area contributed by atoms with Gasteiger partial charge in [0.15, 0.2) is 5.76 Å². The first-order chi connectivity index (χ1) is 9.66. The SMILES string of the molecule is O=C(O)C1C2CCCC2CN1C(=O)NCc1ccno1. The summed E-state index contributed by atoms with van der Waals surface area (Å²) in [5.74, 6) is 0.0643. The van der Waals surface area contributed by atoms with Crippen LogP contribution in [0.25, 0.3) is 0 Å². The zero-order valence-electron chi connectivity index (χ0n) is 11.0. The highest BCUT2D eigenvalue weighted by Gasteiger charge is 2.49. The molecule has 1 saturated heterocycles. The number of hydrogen-bond acceptors (Lipinski definition) is 4. The Labute approximate surface area is 115 Å². The van der Waals surface area contributed by atoms with Crippen molar-refractivity contribution in [3.05, 3.63) is 18.0 Å². The van der Waals surface area contributed by atoms with Gasteiger partial charge in [-0.1, -0.05) is 11.6 Å². The standard InChI is InChI=1S/C13H17N3O4/c17-12(18)11-10-3-1-2-8(10)7-16(11)13(19)14-6-9-4-5-15-20-9/h4-5,8,10-11H,1-3,6-7H2,(H,14,19)(H,17,18). The van der Waals surface area contributed by atoms with E-state index < -0.39 is 12.0 Å². The van der Waals surface area contributed by atoms with Crippen LogP contribution in [0.1, 0.15) is 25.0 Å². The fourth-order valence-corrected chi connectivity index (χ4v) is 3.43. The van der Waals surface area contributed by atoms with E-state index in [4.69, 9.17) is 4.52 Å². The molecule has 3 atom stereocenters. The molecule has 7 nitrogen and oxygen atoms in total. The number of aliphatic carboxylic acids is 1. The van der Waals surface area contributed by atoms with Crippen molar-refractivity contribution in [1.82, 2.24) is 15.4 Å². The van der Waals surface area contributed by atoms with Gasteiger partial charge >= 0.3 is 12.0 Å². The number of carbonyl (C=O) groups is 2. The van der Waals surface area contributed by atoms with Crippen molar-refractivity contribution < 1.29 is 19.2 Å². The van der Waals surface area contributed by atoms with Crippen LogP contribution in [0.15, 0.2) is 16.8 Å². The van der Waals surface area contributed by atoms with Crippen molar-refractivity contribution in [2.75, 3.05) is 6.54 Å². The minimum atomic E-state index is -0.908. The van der Waals surface area contributed by atoms with E-state index in [0.717, 1.165) is 19.3 Å². The molecular formula is C13H17N3O4. The number of nitrogens with one attached hydrogen (secondary N) is 1. The van der Waals surface area contributed by atoms with Crippen molar-refractivity contribution >= 4 is 12.0 Å². The molecule has 1 saturated carbocycles. The van der Waals surface area contributed by atoms with Gasteiger partial charge in [0.05, 0.1) is 12.7 Å². The number of rotatable bonds is 3. The molecular weight excluding hydrogens is 262 g/mol. The smallest absolute Gasteiger partial charge is 0.326 e. The van der Waals surface area contributed by atoms with Gasteiger partial charge in [-0.15, -0.1) is 0 Å². The highest BCUT2D eigenvalue weighted by Crippen LogP contribution is 2.42. The topological polar surface area (TPSA) is 95.7 Å². The number of fused-ring (bicyclic) bond motifs is 1. The second-order valence-electron chi connectivity index (χ2n) is 5.43. The highest BCUT2D eigenvalue weighted by molar-refractivity contribution is 5.83. The van der Waals surface area contributed by atoms with Crippen LogP contribution < -0.4 is 5.32 Å². The number of carbonyl (C=O) groups excluding carboxylic acids is 1. The third-order valence-electron chi connectivity index (χ3n) is 4.31. The molecule has 7 heteroatoms. The third-order valence-corrected chi connectivity index (χ3v) is 4.31. The predicted molar refractivity (Wildman–Crippen MR) is 67.7 cm³/mol. The summed E-state index contributed by atoms with van der Waals surface area (Å²) in [4.78, 5) is 25.1. The Kier molecular flexibility index (Phi) is 3.33. The zero-order chi connectivity index (χ0) is 14.1. The quantitative estimate of drug-likeness (QED) is 0.862. The van der Waals surface area contributed by atoms with Gasteiger partial charge in [-0.3, -0.25) is 0 Å². The summed E-state index contributed by atoms with van der Waals surface area (Å²) < 4.78 is 4.90. The van der Waals surface area contributed by atoms with Crippen molar-refractivity contribution in [3.63, 3.8) is 0 Å². The first-order valence-electron chi connectivity index (χ1n) is 6.83. The summed E-state index contributed by atoms with van der Waals surface area (Å²) >= 11 is 0. The van der Waals surface area contributed by atoms with Crippen LogP contribution >= 0.6 is 0 Å². The van der Waals surface area contributed by atoms with E-state index in [0.29, 0.717) is 18.2 Å². The van der Waals surface area contributed by atoms with E-state index in [2.05, 4.69) is 10.5 Å². The van der Waals surface area contributed by atoms with Crippen molar-refractivity contribution in [1.29, 1.82) is 0 Å². The summed E-state index contributed by atoms with van der Waals surface area (Å²) in [6.07, 6.45) is 4.47. The van der Waals surface area contributed by atoms with Crippen LogP contribution in [0, 0.1) is 11.8 Å². The lowest BCUT2D eigenvalue weighted by Gasteiger charge is -2.24. The van der Waals surface area contributed by atoms with Gasteiger partial charge in [-0.05, 0) is 24.7 Å². The van der Waals surface area contributed by atoms with Gasteiger partial charge in [-0.2, -0.15) is 0 Å². The molecule has 2 aliphatic rings. The number of urea groups is 1. The number of amides is 2. The van der Waals surface area contributed by atoms with Crippen molar-refractivity contribution in [2.24, 2.45) is 11.8 Å². The number of carboxylic acid groups (broad SMARTS) is 1. The van der Waals surface area contributed by atoms with Gasteiger partial charge in [0.2, 0.25) is 0 Å². The van der Waals surface area contributed by atoms with Gasteiger partial charge < -0.3 is 19.8 Å². The van der Waals surface area contributed by atoms with Gasteiger partial charge in [0, 0.05) is 12.6 Å². The lowest BCUT2D eigenvalue weighted by molar-refractivity contribution is -0.142. The lowest BCUT2D eigenvalue weighted by Crippen LogP contribution is -2.47. The van der Waals surface area contributed by atoms with Crippen LogP contribution in [-0.4, -0.2) is 39.8 Å². The molecule has 2 fully saturated rings. The van der Waals surface area contributed by atoms with E-state index in [1.807, 2.05) is 0 Å². The Balaban J connectivity index is 1.65. The molecule has 2 heterocycles. The third kappa shape index (κ3) is 2.23. The average molecular weight is 279 g/mol. The molecule has 20 heavy (non-hydrogen) atoms. The maximum absolute atomic E-state index is 12.2. The lowest BCUT2D eigenvalue weighted by atomic mass is 9.94. The Bertz CT molecular complexity index is 502. The Morgan fingerprint density at radius 2 is 2.35 bits per heavy atom. The Morgan fingerprint density at radius 1 is 1.50 bits per heavy atom. The fraction of sp³-hybridized carbons (Fsp3) is 0.615. The normalized spacial score (nSPS) is 28.4. The molecule has 0 spiro atoms. The van der Waals surface area contributed by atoms with Crippen LogP contribution in [0.5, 0.6) is 0 Å². The minimum Gasteiger partial charge on any atom is -0.480 e. The molecule has 2 N–H and O–H groups in total. The number of hydrogen-bond donors (Lipinski definition) is 2.